The van der Waals surface area contributed by atoms with E-state index in [4.69, 9.17) is 0 Å². The van der Waals surface area contributed by atoms with Crippen molar-refractivity contribution in [2.45, 2.75) is 26.3 Å². The lowest BCUT2D eigenvalue weighted by Gasteiger charge is -2.42. The van der Waals surface area contributed by atoms with Crippen LogP contribution in [0, 0.1) is 5.92 Å². The minimum atomic E-state index is 0.780. The van der Waals surface area contributed by atoms with E-state index in [1.807, 2.05) is 6.08 Å². The molecule has 1 N–H and O–H groups in total. The highest BCUT2D eigenvalue weighted by atomic mass is 15.2. The Labute approximate surface area is 82.0 Å². The molecule has 1 atom stereocenters. The van der Waals surface area contributed by atoms with Gasteiger partial charge in [-0.1, -0.05) is 19.9 Å². The highest BCUT2D eigenvalue weighted by Gasteiger charge is 2.27. The maximum Gasteiger partial charge on any atom is 0.0233 e. The number of likely N-dealkylation sites (tertiary alicyclic amines) is 1. The second kappa shape index (κ2) is 5.40. The number of hydrogen-bond donors (Lipinski definition) is 1. The van der Waals surface area contributed by atoms with Crippen LogP contribution in [0.2, 0.25) is 0 Å². The lowest BCUT2D eigenvalue weighted by Crippen LogP contribution is -2.53. The predicted octanol–water partition coefficient (Wildman–Crippen LogP) is 1.49. The second-order valence-corrected chi connectivity index (χ2v) is 4.28. The van der Waals surface area contributed by atoms with E-state index in [1.165, 1.54) is 19.5 Å². The molecular formula is C11H22N2. The van der Waals surface area contributed by atoms with Crippen molar-refractivity contribution >= 4 is 0 Å². The molecule has 1 unspecified atom stereocenters. The van der Waals surface area contributed by atoms with Gasteiger partial charge in [0.2, 0.25) is 0 Å². The van der Waals surface area contributed by atoms with Gasteiger partial charge in [0.1, 0.15) is 0 Å². The van der Waals surface area contributed by atoms with Crippen molar-refractivity contribution in [2.75, 3.05) is 26.2 Å². The van der Waals surface area contributed by atoms with Crippen LogP contribution >= 0.6 is 0 Å². The molecule has 76 valence electrons. The predicted molar refractivity (Wildman–Crippen MR) is 57.9 cm³/mol. The average molecular weight is 182 g/mol. The topological polar surface area (TPSA) is 15.3 Å². The summed E-state index contributed by atoms with van der Waals surface area (Å²) in [5.74, 6) is 0.794. The van der Waals surface area contributed by atoms with Crippen molar-refractivity contribution in [3.05, 3.63) is 12.7 Å². The SMILES string of the molecule is C=CCNCC1CCN1CC(C)C. The molecule has 0 bridgehead atoms. The monoisotopic (exact) mass is 182 g/mol. The summed E-state index contributed by atoms with van der Waals surface area (Å²) in [4.78, 5) is 2.57. The Morgan fingerprint density at radius 2 is 2.38 bits per heavy atom. The minimum Gasteiger partial charge on any atom is -0.312 e. The van der Waals surface area contributed by atoms with Gasteiger partial charge in [-0.05, 0) is 12.3 Å². The van der Waals surface area contributed by atoms with E-state index in [9.17, 15) is 0 Å². The molecular weight excluding hydrogens is 160 g/mol. The molecule has 0 saturated carbocycles. The Kier molecular flexibility index (Phi) is 4.46. The quantitative estimate of drug-likeness (QED) is 0.494. The molecule has 13 heavy (non-hydrogen) atoms. The lowest BCUT2D eigenvalue weighted by molar-refractivity contribution is 0.0772. The third kappa shape index (κ3) is 3.49. The third-order valence-corrected chi connectivity index (χ3v) is 2.53. The Morgan fingerprint density at radius 1 is 1.62 bits per heavy atom. The van der Waals surface area contributed by atoms with E-state index in [0.29, 0.717) is 0 Å². The van der Waals surface area contributed by atoms with Gasteiger partial charge in [-0.25, -0.2) is 0 Å². The van der Waals surface area contributed by atoms with Crippen LogP contribution < -0.4 is 5.32 Å². The Bertz CT molecular complexity index is 154. The summed E-state index contributed by atoms with van der Waals surface area (Å²) < 4.78 is 0. The van der Waals surface area contributed by atoms with Crippen molar-refractivity contribution in [1.29, 1.82) is 0 Å². The molecule has 0 radical (unpaired) electrons. The fourth-order valence-electron chi connectivity index (χ4n) is 1.79. The first kappa shape index (κ1) is 10.7. The molecule has 1 heterocycles. The van der Waals surface area contributed by atoms with Gasteiger partial charge in [0.15, 0.2) is 0 Å². The van der Waals surface area contributed by atoms with Crippen molar-refractivity contribution < 1.29 is 0 Å². The zero-order chi connectivity index (χ0) is 9.68. The average Bonchev–Trinajstić information content (AvgIpc) is 2.06. The summed E-state index contributed by atoms with van der Waals surface area (Å²) in [5, 5.41) is 3.38. The summed E-state index contributed by atoms with van der Waals surface area (Å²) in [6.45, 7) is 12.9. The highest BCUT2D eigenvalue weighted by molar-refractivity contribution is 4.85. The number of rotatable bonds is 6. The van der Waals surface area contributed by atoms with Crippen LogP contribution in [0.1, 0.15) is 20.3 Å². The molecule has 0 aromatic carbocycles. The van der Waals surface area contributed by atoms with Crippen LogP contribution in [0.3, 0.4) is 0 Å². The van der Waals surface area contributed by atoms with E-state index in [0.717, 1.165) is 25.0 Å². The van der Waals surface area contributed by atoms with E-state index < -0.39 is 0 Å². The van der Waals surface area contributed by atoms with Gasteiger partial charge in [-0.2, -0.15) is 0 Å². The van der Waals surface area contributed by atoms with E-state index >= 15 is 0 Å². The van der Waals surface area contributed by atoms with Crippen molar-refractivity contribution in [1.82, 2.24) is 10.2 Å². The third-order valence-electron chi connectivity index (χ3n) is 2.53. The van der Waals surface area contributed by atoms with Gasteiger partial charge in [0.25, 0.3) is 0 Å². The smallest absolute Gasteiger partial charge is 0.0233 e. The summed E-state index contributed by atoms with van der Waals surface area (Å²) in [6, 6.07) is 0.780. The normalized spacial score (nSPS) is 23.2. The second-order valence-electron chi connectivity index (χ2n) is 4.28. The molecule has 1 saturated heterocycles. The minimum absolute atomic E-state index is 0.780. The van der Waals surface area contributed by atoms with E-state index in [2.05, 4.69) is 30.6 Å². The van der Waals surface area contributed by atoms with E-state index in [-0.39, 0.29) is 0 Å². The molecule has 0 amide bonds. The van der Waals surface area contributed by atoms with Crippen molar-refractivity contribution in [3.63, 3.8) is 0 Å². The van der Waals surface area contributed by atoms with Crippen molar-refractivity contribution in [3.8, 4) is 0 Å². The zero-order valence-electron chi connectivity index (χ0n) is 8.92. The maximum absolute atomic E-state index is 3.69. The standard InChI is InChI=1S/C11H22N2/c1-4-6-12-8-11-5-7-13(11)9-10(2)3/h4,10-12H,1,5-9H2,2-3H3. The van der Waals surface area contributed by atoms with Crippen LogP contribution in [0.4, 0.5) is 0 Å². The van der Waals surface area contributed by atoms with Crippen molar-refractivity contribution in [2.24, 2.45) is 5.92 Å². The van der Waals surface area contributed by atoms with Crippen LogP contribution in [0.5, 0.6) is 0 Å². The summed E-state index contributed by atoms with van der Waals surface area (Å²) in [5.41, 5.74) is 0. The van der Waals surface area contributed by atoms with Crippen LogP contribution in [-0.4, -0.2) is 37.1 Å². The largest absolute Gasteiger partial charge is 0.312 e. The number of nitrogens with zero attached hydrogens (tertiary/aromatic N) is 1. The molecule has 1 rings (SSSR count). The van der Waals surface area contributed by atoms with Crippen LogP contribution in [-0.2, 0) is 0 Å². The molecule has 2 heteroatoms. The Morgan fingerprint density at radius 3 is 2.85 bits per heavy atom. The molecule has 1 fully saturated rings. The summed E-state index contributed by atoms with van der Waals surface area (Å²) >= 11 is 0. The molecule has 1 aliphatic heterocycles. The van der Waals surface area contributed by atoms with Gasteiger partial charge in [0.05, 0.1) is 0 Å². The van der Waals surface area contributed by atoms with Gasteiger partial charge >= 0.3 is 0 Å². The fraction of sp³-hybridized carbons (Fsp3) is 0.818. The number of nitrogens with one attached hydrogen (secondary N) is 1. The summed E-state index contributed by atoms with van der Waals surface area (Å²) in [7, 11) is 0. The van der Waals surface area contributed by atoms with Crippen LogP contribution in [0.15, 0.2) is 12.7 Å². The Balaban J connectivity index is 2.09. The van der Waals surface area contributed by atoms with E-state index in [1.54, 1.807) is 0 Å². The lowest BCUT2D eigenvalue weighted by atomic mass is 10.0. The molecule has 0 aromatic rings. The van der Waals surface area contributed by atoms with Crippen LogP contribution in [0.25, 0.3) is 0 Å². The summed E-state index contributed by atoms with van der Waals surface area (Å²) in [6.07, 6.45) is 3.28. The molecule has 2 nitrogen and oxygen atoms in total. The highest BCUT2D eigenvalue weighted by Crippen LogP contribution is 2.17. The maximum atomic E-state index is 3.69. The first-order valence-corrected chi connectivity index (χ1v) is 5.29. The van der Waals surface area contributed by atoms with Gasteiger partial charge < -0.3 is 5.32 Å². The Hall–Kier alpha value is -0.340. The first-order valence-electron chi connectivity index (χ1n) is 5.29. The van der Waals surface area contributed by atoms with Gasteiger partial charge in [-0.3, -0.25) is 4.90 Å². The molecule has 0 aliphatic carbocycles. The molecule has 0 aromatic heterocycles. The molecule has 0 spiro atoms. The molecule has 1 aliphatic rings. The van der Waals surface area contributed by atoms with Gasteiger partial charge in [-0.15, -0.1) is 6.58 Å². The zero-order valence-corrected chi connectivity index (χ0v) is 8.92. The number of hydrogen-bond acceptors (Lipinski definition) is 2. The fourth-order valence-corrected chi connectivity index (χ4v) is 1.79. The first-order chi connectivity index (χ1) is 6.24. The van der Waals surface area contributed by atoms with Gasteiger partial charge in [0, 0.05) is 32.2 Å².